The summed E-state index contributed by atoms with van der Waals surface area (Å²) in [6.45, 7) is 3.74. The zero-order chi connectivity index (χ0) is 17.7. The van der Waals surface area contributed by atoms with Crippen molar-refractivity contribution < 1.29 is 17.7 Å². The number of hydrogen-bond acceptors (Lipinski definition) is 6. The van der Waals surface area contributed by atoms with Crippen LogP contribution >= 0.6 is 0 Å². The van der Waals surface area contributed by atoms with E-state index in [2.05, 4.69) is 20.2 Å². The van der Waals surface area contributed by atoms with E-state index >= 15 is 0 Å². The van der Waals surface area contributed by atoms with E-state index in [1.807, 2.05) is 31.2 Å². The Morgan fingerprint density at radius 3 is 2.58 bits per heavy atom. The molecular formula is C15H20N4O4S. The number of carbonyl (C=O) groups excluding carboxylic acids is 1. The Hall–Kier alpha value is -2.26. The maximum Gasteiger partial charge on any atom is 0.249 e. The summed E-state index contributed by atoms with van der Waals surface area (Å²) in [6.07, 6.45) is 1.06. The first-order valence-electron chi connectivity index (χ1n) is 7.39. The smallest absolute Gasteiger partial charge is 0.249 e. The molecule has 1 amide bonds. The molecule has 24 heavy (non-hydrogen) atoms. The van der Waals surface area contributed by atoms with Gasteiger partial charge >= 0.3 is 0 Å². The normalized spacial score (nSPS) is 12.8. The van der Waals surface area contributed by atoms with Crippen LogP contribution in [-0.2, 0) is 14.8 Å². The first-order valence-corrected chi connectivity index (χ1v) is 9.28. The van der Waals surface area contributed by atoms with Gasteiger partial charge in [-0.15, -0.1) is 0 Å². The van der Waals surface area contributed by atoms with Crippen LogP contribution < -0.4 is 10.0 Å². The van der Waals surface area contributed by atoms with Gasteiger partial charge in [0.2, 0.25) is 27.6 Å². The minimum atomic E-state index is -3.30. The molecule has 0 aliphatic rings. The lowest BCUT2D eigenvalue weighted by molar-refractivity contribution is -0.121. The number of rotatable bonds is 7. The summed E-state index contributed by atoms with van der Waals surface area (Å²) < 4.78 is 29.3. The molecule has 0 spiro atoms. The Labute approximate surface area is 140 Å². The molecule has 8 nitrogen and oxygen atoms in total. The first kappa shape index (κ1) is 18.1. The maximum atomic E-state index is 11.8. The summed E-state index contributed by atoms with van der Waals surface area (Å²) in [5, 5.41) is 6.60. The molecular weight excluding hydrogens is 332 g/mol. The second-order valence-corrected chi connectivity index (χ2v) is 7.36. The predicted octanol–water partition coefficient (Wildman–Crippen LogP) is 1.16. The number of carbonyl (C=O) groups is 1. The molecule has 0 aliphatic heterocycles. The lowest BCUT2D eigenvalue weighted by Gasteiger charge is -2.09. The van der Waals surface area contributed by atoms with Crippen LogP contribution in [-0.4, -0.2) is 37.3 Å². The highest BCUT2D eigenvalue weighted by Crippen LogP contribution is 2.19. The molecule has 0 fully saturated rings. The molecule has 9 heteroatoms. The summed E-state index contributed by atoms with van der Waals surface area (Å²) in [5.41, 5.74) is 1.96. The minimum Gasteiger partial charge on any atom is -0.345 e. The van der Waals surface area contributed by atoms with Gasteiger partial charge in [0.05, 0.1) is 6.26 Å². The van der Waals surface area contributed by atoms with E-state index in [1.54, 1.807) is 6.92 Å². The van der Waals surface area contributed by atoms with Crippen molar-refractivity contribution in [3.05, 3.63) is 35.7 Å². The Morgan fingerprint density at radius 2 is 1.96 bits per heavy atom. The minimum absolute atomic E-state index is 0.0242. The molecule has 1 aromatic heterocycles. The van der Waals surface area contributed by atoms with Crippen LogP contribution in [0.5, 0.6) is 0 Å². The van der Waals surface area contributed by atoms with Crippen LogP contribution in [0.15, 0.2) is 28.8 Å². The van der Waals surface area contributed by atoms with Gasteiger partial charge in [0.15, 0.2) is 0 Å². The van der Waals surface area contributed by atoms with E-state index < -0.39 is 16.1 Å². The van der Waals surface area contributed by atoms with Gasteiger partial charge in [0.25, 0.3) is 0 Å². The Bertz CT molecular complexity index is 799. The Kier molecular flexibility index (Phi) is 5.68. The summed E-state index contributed by atoms with van der Waals surface area (Å²) in [4.78, 5) is 16.1. The van der Waals surface area contributed by atoms with Crippen molar-refractivity contribution in [1.82, 2.24) is 20.2 Å². The maximum absolute atomic E-state index is 11.8. The highest BCUT2D eigenvalue weighted by atomic mass is 32.2. The zero-order valence-corrected chi connectivity index (χ0v) is 14.6. The van der Waals surface area contributed by atoms with Crippen LogP contribution in [0, 0.1) is 6.92 Å². The van der Waals surface area contributed by atoms with Crippen molar-refractivity contribution in [3.63, 3.8) is 0 Å². The Balaban J connectivity index is 1.92. The van der Waals surface area contributed by atoms with E-state index in [0.717, 1.165) is 17.4 Å². The summed E-state index contributed by atoms with van der Waals surface area (Å²) >= 11 is 0. The SMILES string of the molecule is Cc1ccc(-c2noc([C@H](C)NC(=O)CCNS(C)(=O)=O)n2)cc1. The summed E-state index contributed by atoms with van der Waals surface area (Å²) in [6, 6.07) is 7.22. The topological polar surface area (TPSA) is 114 Å². The lowest BCUT2D eigenvalue weighted by Crippen LogP contribution is -2.31. The molecule has 130 valence electrons. The van der Waals surface area contributed by atoms with Crippen LogP contribution in [0.4, 0.5) is 0 Å². The molecule has 2 rings (SSSR count). The number of nitrogens with zero attached hydrogens (tertiary/aromatic N) is 2. The van der Waals surface area contributed by atoms with Gasteiger partial charge in [-0.25, -0.2) is 13.1 Å². The first-order chi connectivity index (χ1) is 11.2. The molecule has 0 saturated heterocycles. The second-order valence-electron chi connectivity index (χ2n) is 5.53. The second kappa shape index (κ2) is 7.54. The molecule has 0 unspecified atom stereocenters. The molecule has 1 atom stereocenters. The van der Waals surface area contributed by atoms with Crippen molar-refractivity contribution in [2.45, 2.75) is 26.3 Å². The number of benzene rings is 1. The van der Waals surface area contributed by atoms with Gasteiger partial charge in [-0.1, -0.05) is 35.0 Å². The highest BCUT2D eigenvalue weighted by Gasteiger charge is 2.17. The molecule has 1 aromatic carbocycles. The molecule has 2 aromatic rings. The number of aryl methyl sites for hydroxylation is 1. The predicted molar refractivity (Wildman–Crippen MR) is 88.5 cm³/mol. The third kappa shape index (κ3) is 5.43. The van der Waals surface area contributed by atoms with Crippen LogP contribution in [0.2, 0.25) is 0 Å². The van der Waals surface area contributed by atoms with Crippen molar-refractivity contribution >= 4 is 15.9 Å². The van der Waals surface area contributed by atoms with Gasteiger partial charge in [0, 0.05) is 18.5 Å². The fourth-order valence-electron chi connectivity index (χ4n) is 1.96. The number of sulfonamides is 1. The number of hydrogen-bond donors (Lipinski definition) is 2. The van der Waals surface area contributed by atoms with Crippen LogP contribution in [0.3, 0.4) is 0 Å². The summed E-state index contributed by atoms with van der Waals surface area (Å²) in [7, 11) is -3.30. The van der Waals surface area contributed by atoms with Crippen molar-refractivity contribution in [2.75, 3.05) is 12.8 Å². The standard InChI is InChI=1S/C15H20N4O4S/c1-10-4-6-12(7-5-10)14-18-15(23-19-14)11(2)17-13(20)8-9-16-24(3,21)22/h4-7,11,16H,8-9H2,1-3H3,(H,17,20)/t11-/m0/s1. The van der Waals surface area contributed by atoms with E-state index in [4.69, 9.17) is 4.52 Å². The lowest BCUT2D eigenvalue weighted by atomic mass is 10.1. The summed E-state index contributed by atoms with van der Waals surface area (Å²) in [5.74, 6) is 0.425. The van der Waals surface area contributed by atoms with E-state index in [-0.39, 0.29) is 24.8 Å². The monoisotopic (exact) mass is 352 g/mol. The number of amides is 1. The Morgan fingerprint density at radius 1 is 1.29 bits per heavy atom. The van der Waals surface area contributed by atoms with Gasteiger partial charge in [0.1, 0.15) is 6.04 Å². The third-order valence-electron chi connectivity index (χ3n) is 3.22. The highest BCUT2D eigenvalue weighted by molar-refractivity contribution is 7.88. The van der Waals surface area contributed by atoms with Gasteiger partial charge in [-0.05, 0) is 13.8 Å². The van der Waals surface area contributed by atoms with E-state index in [1.165, 1.54) is 0 Å². The van der Waals surface area contributed by atoms with Crippen LogP contribution in [0.1, 0.15) is 30.8 Å². The van der Waals surface area contributed by atoms with Crippen molar-refractivity contribution in [3.8, 4) is 11.4 Å². The molecule has 2 N–H and O–H groups in total. The van der Waals surface area contributed by atoms with Crippen molar-refractivity contribution in [1.29, 1.82) is 0 Å². The fraction of sp³-hybridized carbons (Fsp3) is 0.400. The quantitative estimate of drug-likeness (QED) is 0.773. The molecule has 0 bridgehead atoms. The molecule has 0 radical (unpaired) electrons. The van der Waals surface area contributed by atoms with Crippen molar-refractivity contribution in [2.24, 2.45) is 0 Å². The fourth-order valence-corrected chi connectivity index (χ4v) is 2.43. The average Bonchev–Trinajstić information content (AvgIpc) is 2.96. The molecule has 0 aliphatic carbocycles. The van der Waals surface area contributed by atoms with Crippen LogP contribution in [0.25, 0.3) is 11.4 Å². The van der Waals surface area contributed by atoms with E-state index in [9.17, 15) is 13.2 Å². The average molecular weight is 352 g/mol. The number of aromatic nitrogens is 2. The zero-order valence-electron chi connectivity index (χ0n) is 13.7. The largest absolute Gasteiger partial charge is 0.345 e. The van der Waals surface area contributed by atoms with Gasteiger partial charge in [-0.3, -0.25) is 4.79 Å². The third-order valence-corrected chi connectivity index (χ3v) is 3.94. The van der Waals surface area contributed by atoms with Gasteiger partial charge in [-0.2, -0.15) is 4.98 Å². The molecule has 1 heterocycles. The number of nitrogens with one attached hydrogen (secondary N) is 2. The van der Waals surface area contributed by atoms with E-state index in [0.29, 0.717) is 5.82 Å². The molecule has 0 saturated carbocycles. The van der Waals surface area contributed by atoms with Gasteiger partial charge < -0.3 is 9.84 Å².